The van der Waals surface area contributed by atoms with Gasteiger partial charge in [0, 0.05) is 28.5 Å². The summed E-state index contributed by atoms with van der Waals surface area (Å²) in [6.07, 6.45) is 3.27. The number of anilines is 1. The Balaban J connectivity index is 1.62. The molecule has 8 heteroatoms. The Kier molecular flexibility index (Phi) is 6.60. The van der Waals surface area contributed by atoms with Crippen LogP contribution in [0.5, 0.6) is 0 Å². The molecule has 7 nitrogen and oxygen atoms in total. The summed E-state index contributed by atoms with van der Waals surface area (Å²) in [5, 5.41) is 3.41. The Labute approximate surface area is 196 Å². The lowest BCUT2D eigenvalue weighted by Gasteiger charge is -2.25. The van der Waals surface area contributed by atoms with E-state index in [1.165, 1.54) is 11.2 Å². The van der Waals surface area contributed by atoms with Crippen molar-refractivity contribution in [3.8, 4) is 16.9 Å². The van der Waals surface area contributed by atoms with Crippen molar-refractivity contribution in [1.82, 2.24) is 14.5 Å². The van der Waals surface area contributed by atoms with E-state index in [4.69, 9.17) is 16.0 Å². The molecule has 0 saturated heterocycles. The number of carbonyl (C=O) groups excluding carboxylic acids is 2. The van der Waals surface area contributed by atoms with E-state index in [1.807, 2.05) is 62.5 Å². The van der Waals surface area contributed by atoms with E-state index in [0.29, 0.717) is 16.7 Å². The third-order valence-electron chi connectivity index (χ3n) is 5.04. The minimum atomic E-state index is -0.378. The number of halogens is 1. The molecule has 2 amide bonds. The number of rotatable bonds is 7. The molecule has 0 saturated carbocycles. The van der Waals surface area contributed by atoms with Crippen LogP contribution in [0.15, 0.2) is 83.6 Å². The predicted molar refractivity (Wildman–Crippen MR) is 128 cm³/mol. The molecule has 0 spiro atoms. The summed E-state index contributed by atoms with van der Waals surface area (Å²) < 4.78 is 6.98. The highest BCUT2D eigenvalue weighted by Gasteiger charge is 2.24. The molecule has 33 heavy (non-hydrogen) atoms. The van der Waals surface area contributed by atoms with Gasteiger partial charge >= 0.3 is 0 Å². The molecule has 2 aromatic heterocycles. The van der Waals surface area contributed by atoms with E-state index < -0.39 is 0 Å². The number of furan rings is 1. The number of hydrogen-bond acceptors (Lipinski definition) is 4. The van der Waals surface area contributed by atoms with Crippen LogP contribution in [-0.2, 0) is 4.79 Å². The van der Waals surface area contributed by atoms with Gasteiger partial charge in [-0.3, -0.25) is 19.5 Å². The molecule has 0 aliphatic carbocycles. The molecule has 168 valence electrons. The van der Waals surface area contributed by atoms with Gasteiger partial charge in [-0.15, -0.1) is 0 Å². The first-order valence-corrected chi connectivity index (χ1v) is 10.9. The summed E-state index contributed by atoms with van der Waals surface area (Å²) >= 11 is 6.19. The standard InChI is InChI=1S/C25H23ClN4O3/c1-17(2)29(24(32)22-12-7-13-33-22)16-23(31)28-25-27-21(18-8-4-3-5-9-18)15-30(25)20-11-6-10-19(26)14-20/h3-15,17H,16H2,1-2H3,(H,27,28,31). The number of benzene rings is 2. The largest absolute Gasteiger partial charge is 0.459 e. The lowest BCUT2D eigenvalue weighted by atomic mass is 10.2. The van der Waals surface area contributed by atoms with Gasteiger partial charge in [0.2, 0.25) is 11.9 Å². The molecule has 2 heterocycles. The minimum absolute atomic E-state index is 0.153. The topological polar surface area (TPSA) is 80.4 Å². The summed E-state index contributed by atoms with van der Waals surface area (Å²) in [4.78, 5) is 31.8. The average molecular weight is 463 g/mol. The quantitative estimate of drug-likeness (QED) is 0.405. The molecule has 4 aromatic rings. The molecule has 2 aromatic carbocycles. The van der Waals surface area contributed by atoms with Gasteiger partial charge in [0.15, 0.2) is 5.76 Å². The maximum absolute atomic E-state index is 13.0. The van der Waals surface area contributed by atoms with Crippen LogP contribution in [0.25, 0.3) is 16.9 Å². The van der Waals surface area contributed by atoms with E-state index in [9.17, 15) is 9.59 Å². The molecule has 0 unspecified atom stereocenters. The smallest absolute Gasteiger partial charge is 0.290 e. The highest BCUT2D eigenvalue weighted by molar-refractivity contribution is 6.30. The Morgan fingerprint density at radius 3 is 2.55 bits per heavy atom. The number of carbonyl (C=O) groups is 2. The number of amides is 2. The fraction of sp³-hybridized carbons (Fsp3) is 0.160. The van der Waals surface area contributed by atoms with Crippen LogP contribution >= 0.6 is 11.6 Å². The highest BCUT2D eigenvalue weighted by atomic mass is 35.5. The van der Waals surface area contributed by atoms with Gasteiger partial charge in [0.25, 0.3) is 5.91 Å². The van der Waals surface area contributed by atoms with E-state index in [1.54, 1.807) is 28.8 Å². The second-order valence-corrected chi connectivity index (χ2v) is 8.15. The van der Waals surface area contributed by atoms with Crippen molar-refractivity contribution in [3.05, 3.63) is 90.0 Å². The van der Waals surface area contributed by atoms with Gasteiger partial charge in [0.1, 0.15) is 6.54 Å². The summed E-state index contributed by atoms with van der Waals surface area (Å²) in [6, 6.07) is 19.9. The second kappa shape index (κ2) is 9.75. The van der Waals surface area contributed by atoms with Crippen LogP contribution in [0, 0.1) is 0 Å². The van der Waals surface area contributed by atoms with E-state index >= 15 is 0 Å². The molecule has 4 rings (SSSR count). The van der Waals surface area contributed by atoms with Gasteiger partial charge in [-0.25, -0.2) is 4.98 Å². The molecule has 0 radical (unpaired) electrons. The number of aromatic nitrogens is 2. The van der Waals surface area contributed by atoms with Crippen molar-refractivity contribution in [2.24, 2.45) is 0 Å². The van der Waals surface area contributed by atoms with E-state index in [2.05, 4.69) is 10.3 Å². The van der Waals surface area contributed by atoms with Gasteiger partial charge in [0.05, 0.1) is 12.0 Å². The van der Waals surface area contributed by atoms with Gasteiger partial charge < -0.3 is 9.32 Å². The maximum atomic E-state index is 13.0. The molecule has 1 N–H and O–H groups in total. The summed E-state index contributed by atoms with van der Waals surface area (Å²) in [6.45, 7) is 3.53. The number of hydrogen-bond donors (Lipinski definition) is 1. The molecular formula is C25H23ClN4O3. The van der Waals surface area contributed by atoms with E-state index in [-0.39, 0.29) is 30.2 Å². The third kappa shape index (κ3) is 5.15. The van der Waals surface area contributed by atoms with Crippen LogP contribution in [0.3, 0.4) is 0 Å². The average Bonchev–Trinajstić information content (AvgIpc) is 3.48. The van der Waals surface area contributed by atoms with Crippen molar-refractivity contribution in [3.63, 3.8) is 0 Å². The highest BCUT2D eigenvalue weighted by Crippen LogP contribution is 2.25. The summed E-state index contributed by atoms with van der Waals surface area (Å²) in [5.41, 5.74) is 2.35. The van der Waals surface area contributed by atoms with Crippen LogP contribution in [0.2, 0.25) is 5.02 Å². The fourth-order valence-corrected chi connectivity index (χ4v) is 3.57. The molecule has 0 aliphatic heterocycles. The van der Waals surface area contributed by atoms with Gasteiger partial charge in [-0.2, -0.15) is 0 Å². The zero-order chi connectivity index (χ0) is 23.4. The summed E-state index contributed by atoms with van der Waals surface area (Å²) in [7, 11) is 0. The fourth-order valence-electron chi connectivity index (χ4n) is 3.39. The zero-order valence-corrected chi connectivity index (χ0v) is 19.0. The van der Waals surface area contributed by atoms with Crippen LogP contribution in [-0.4, -0.2) is 38.9 Å². The monoisotopic (exact) mass is 462 g/mol. The molecule has 0 fully saturated rings. The molecule has 0 atom stereocenters. The van der Waals surface area contributed by atoms with Crippen LogP contribution < -0.4 is 5.32 Å². The zero-order valence-electron chi connectivity index (χ0n) is 18.2. The first kappa shape index (κ1) is 22.4. The lowest BCUT2D eigenvalue weighted by molar-refractivity contribution is -0.117. The Morgan fingerprint density at radius 2 is 1.88 bits per heavy atom. The van der Waals surface area contributed by atoms with Crippen molar-refractivity contribution in [1.29, 1.82) is 0 Å². The second-order valence-electron chi connectivity index (χ2n) is 7.72. The molecule has 0 aliphatic rings. The first-order chi connectivity index (χ1) is 15.9. The SMILES string of the molecule is CC(C)N(CC(=O)Nc1nc(-c2ccccc2)cn1-c1cccc(Cl)c1)C(=O)c1ccco1. The molecular weight excluding hydrogens is 440 g/mol. The van der Waals surface area contributed by atoms with Crippen LogP contribution in [0.1, 0.15) is 24.4 Å². The number of nitrogens with one attached hydrogen (secondary N) is 1. The van der Waals surface area contributed by atoms with Gasteiger partial charge in [-0.05, 0) is 44.2 Å². The predicted octanol–water partition coefficient (Wildman–Crippen LogP) is 5.28. The molecule has 0 bridgehead atoms. The van der Waals surface area contributed by atoms with Crippen LogP contribution in [0.4, 0.5) is 5.95 Å². The maximum Gasteiger partial charge on any atom is 0.290 e. The summed E-state index contributed by atoms with van der Waals surface area (Å²) in [5.74, 6) is -0.219. The van der Waals surface area contributed by atoms with Crippen molar-refractivity contribution in [2.75, 3.05) is 11.9 Å². The first-order valence-electron chi connectivity index (χ1n) is 10.5. The normalized spacial score (nSPS) is 10.9. The van der Waals surface area contributed by atoms with Gasteiger partial charge in [-0.1, -0.05) is 48.0 Å². The minimum Gasteiger partial charge on any atom is -0.459 e. The van der Waals surface area contributed by atoms with Crippen molar-refractivity contribution < 1.29 is 14.0 Å². The lowest BCUT2D eigenvalue weighted by Crippen LogP contribution is -2.42. The van der Waals surface area contributed by atoms with Crippen molar-refractivity contribution in [2.45, 2.75) is 19.9 Å². The van der Waals surface area contributed by atoms with Crippen molar-refractivity contribution >= 4 is 29.4 Å². The van der Waals surface area contributed by atoms with E-state index in [0.717, 1.165) is 11.3 Å². The number of nitrogens with zero attached hydrogens (tertiary/aromatic N) is 3. The Morgan fingerprint density at radius 1 is 1.09 bits per heavy atom. The Bertz CT molecular complexity index is 1250. The third-order valence-corrected chi connectivity index (χ3v) is 5.28. The number of imidazole rings is 1. The Hall–Kier alpha value is -3.84.